The Morgan fingerprint density at radius 2 is 2.33 bits per heavy atom. The molecule has 0 amide bonds. The Morgan fingerprint density at radius 3 is 2.89 bits per heavy atom. The third-order valence-corrected chi connectivity index (χ3v) is 5.22. The summed E-state index contributed by atoms with van der Waals surface area (Å²) in [6.45, 7) is 5.51. The Labute approximate surface area is 118 Å². The number of hydrogen-bond donors (Lipinski definition) is 2. The summed E-state index contributed by atoms with van der Waals surface area (Å²) in [5, 5.41) is 15.1. The molecule has 1 aromatic heterocycles. The minimum Gasteiger partial charge on any atom is -0.394 e. The molecular weight excluding hydrogens is 264 g/mol. The van der Waals surface area contributed by atoms with Crippen molar-refractivity contribution < 1.29 is 5.11 Å². The van der Waals surface area contributed by atoms with E-state index in [1.165, 1.54) is 0 Å². The normalized spacial score (nSPS) is 14.6. The van der Waals surface area contributed by atoms with E-state index in [1.54, 1.807) is 11.3 Å². The lowest BCUT2D eigenvalue weighted by molar-refractivity contribution is 0.146. The predicted molar refractivity (Wildman–Crippen MR) is 80.5 cm³/mol. The first-order chi connectivity index (χ1) is 8.76. The van der Waals surface area contributed by atoms with Crippen molar-refractivity contribution in [2.75, 3.05) is 18.9 Å². The molecule has 0 radical (unpaired) electrons. The fraction of sp³-hybridized carbons (Fsp3) is 0.769. The van der Waals surface area contributed by atoms with Gasteiger partial charge in [-0.25, -0.2) is 4.98 Å². The molecule has 1 aromatic rings. The number of hydrogen-bond acceptors (Lipinski definition) is 5. The molecule has 2 N–H and O–H groups in total. The first-order valence-electron chi connectivity index (χ1n) is 6.64. The van der Waals surface area contributed by atoms with Gasteiger partial charge >= 0.3 is 0 Å². The molecule has 1 heterocycles. The van der Waals surface area contributed by atoms with E-state index in [4.69, 9.17) is 0 Å². The van der Waals surface area contributed by atoms with Crippen LogP contribution in [0.4, 0.5) is 0 Å². The van der Waals surface area contributed by atoms with Crippen LogP contribution in [0.1, 0.15) is 39.5 Å². The van der Waals surface area contributed by atoms with Gasteiger partial charge < -0.3 is 10.4 Å². The number of aliphatic hydroxyl groups excluding tert-OH is 1. The molecule has 0 aliphatic carbocycles. The van der Waals surface area contributed by atoms with Gasteiger partial charge in [-0.05, 0) is 32.2 Å². The summed E-state index contributed by atoms with van der Waals surface area (Å²) in [4.78, 5) is 4.26. The molecule has 5 heteroatoms. The maximum atomic E-state index is 9.61. The Morgan fingerprint density at radius 1 is 1.50 bits per heavy atom. The van der Waals surface area contributed by atoms with E-state index in [9.17, 15) is 5.11 Å². The number of thioether (sulfide) groups is 1. The van der Waals surface area contributed by atoms with Crippen molar-refractivity contribution in [3.05, 3.63) is 11.6 Å². The van der Waals surface area contributed by atoms with Crippen molar-refractivity contribution in [2.24, 2.45) is 0 Å². The van der Waals surface area contributed by atoms with Crippen LogP contribution in [-0.2, 0) is 0 Å². The average Bonchev–Trinajstić information content (AvgIpc) is 2.92. The summed E-state index contributed by atoms with van der Waals surface area (Å²) in [7, 11) is 0. The Bertz CT molecular complexity index is 300. The lowest BCUT2D eigenvalue weighted by Crippen LogP contribution is -2.48. The van der Waals surface area contributed by atoms with E-state index in [0.717, 1.165) is 42.3 Å². The summed E-state index contributed by atoms with van der Waals surface area (Å²) in [5.74, 6) is 1.07. The second-order valence-electron chi connectivity index (χ2n) is 4.47. The van der Waals surface area contributed by atoms with Crippen molar-refractivity contribution in [3.8, 4) is 0 Å². The first-order valence-corrected chi connectivity index (χ1v) is 8.51. The third-order valence-electron chi connectivity index (χ3n) is 3.16. The second-order valence-corrected chi connectivity index (χ2v) is 6.71. The number of aromatic nitrogens is 1. The van der Waals surface area contributed by atoms with E-state index in [1.807, 2.05) is 23.3 Å². The molecule has 0 saturated carbocycles. The summed E-state index contributed by atoms with van der Waals surface area (Å²) < 4.78 is 1.14. The molecule has 0 spiro atoms. The Hall–Kier alpha value is -0.100. The highest BCUT2D eigenvalue weighted by Crippen LogP contribution is 2.24. The molecule has 0 aliphatic heterocycles. The van der Waals surface area contributed by atoms with Crippen LogP contribution in [-0.4, -0.2) is 34.5 Å². The monoisotopic (exact) mass is 288 g/mol. The molecule has 0 aromatic carbocycles. The number of rotatable bonds is 10. The zero-order chi connectivity index (χ0) is 13.3. The van der Waals surface area contributed by atoms with Crippen LogP contribution in [0.3, 0.4) is 0 Å². The van der Waals surface area contributed by atoms with Crippen LogP contribution in [0.25, 0.3) is 0 Å². The average molecular weight is 288 g/mol. The van der Waals surface area contributed by atoms with Gasteiger partial charge in [0.05, 0.1) is 6.61 Å². The van der Waals surface area contributed by atoms with Crippen molar-refractivity contribution >= 4 is 23.1 Å². The second kappa shape index (κ2) is 8.91. The van der Waals surface area contributed by atoms with E-state index < -0.39 is 0 Å². The molecule has 3 nitrogen and oxygen atoms in total. The maximum absolute atomic E-state index is 9.61. The van der Waals surface area contributed by atoms with Gasteiger partial charge in [0, 0.05) is 22.9 Å². The number of nitrogens with zero attached hydrogens (tertiary/aromatic N) is 1. The molecule has 1 atom stereocenters. The Balaban J connectivity index is 2.28. The SMILES string of the molecule is CCCNC(CC)(CO)CCCSc1nccs1. The summed E-state index contributed by atoms with van der Waals surface area (Å²) in [5.41, 5.74) is -0.0839. The first kappa shape index (κ1) is 16.0. The molecule has 0 fully saturated rings. The lowest BCUT2D eigenvalue weighted by atomic mass is 9.91. The van der Waals surface area contributed by atoms with Crippen LogP contribution >= 0.6 is 23.1 Å². The quantitative estimate of drug-likeness (QED) is 0.513. The van der Waals surface area contributed by atoms with Crippen LogP contribution < -0.4 is 5.32 Å². The molecule has 0 aliphatic rings. The summed E-state index contributed by atoms with van der Waals surface area (Å²) >= 11 is 3.50. The van der Waals surface area contributed by atoms with E-state index >= 15 is 0 Å². The van der Waals surface area contributed by atoms with Gasteiger partial charge in [0.25, 0.3) is 0 Å². The van der Waals surface area contributed by atoms with Gasteiger partial charge in [0.1, 0.15) is 4.34 Å². The van der Waals surface area contributed by atoms with E-state index in [2.05, 4.69) is 24.1 Å². The fourth-order valence-corrected chi connectivity index (χ4v) is 3.53. The van der Waals surface area contributed by atoms with Gasteiger partial charge in [-0.1, -0.05) is 25.6 Å². The van der Waals surface area contributed by atoms with Crippen molar-refractivity contribution in [3.63, 3.8) is 0 Å². The maximum Gasteiger partial charge on any atom is 0.149 e. The molecule has 1 unspecified atom stereocenters. The van der Waals surface area contributed by atoms with Gasteiger partial charge in [-0.2, -0.15) is 0 Å². The highest BCUT2D eigenvalue weighted by molar-refractivity contribution is 8.00. The standard InChI is InChI=1S/C13H24N2OS2/c1-3-7-15-13(4-2,11-16)6-5-9-17-12-14-8-10-18-12/h8,10,15-16H,3-7,9,11H2,1-2H3. The summed E-state index contributed by atoms with van der Waals surface area (Å²) in [6, 6.07) is 0. The largest absolute Gasteiger partial charge is 0.394 e. The molecule has 104 valence electrons. The van der Waals surface area contributed by atoms with Crippen molar-refractivity contribution in [2.45, 2.75) is 49.4 Å². The zero-order valence-electron chi connectivity index (χ0n) is 11.3. The van der Waals surface area contributed by atoms with Crippen molar-refractivity contribution in [1.29, 1.82) is 0 Å². The highest BCUT2D eigenvalue weighted by atomic mass is 32.2. The topological polar surface area (TPSA) is 45.1 Å². The molecule has 0 bridgehead atoms. The Kier molecular flexibility index (Phi) is 7.90. The van der Waals surface area contributed by atoms with Gasteiger partial charge in [0.2, 0.25) is 0 Å². The van der Waals surface area contributed by atoms with Gasteiger partial charge in [-0.15, -0.1) is 11.3 Å². The fourth-order valence-electron chi connectivity index (χ4n) is 1.88. The summed E-state index contributed by atoms with van der Waals surface area (Å²) in [6.07, 6.45) is 6.06. The zero-order valence-corrected chi connectivity index (χ0v) is 12.9. The molecular formula is C13H24N2OS2. The highest BCUT2D eigenvalue weighted by Gasteiger charge is 2.25. The van der Waals surface area contributed by atoms with Crippen LogP contribution in [0.2, 0.25) is 0 Å². The predicted octanol–water partition coefficient (Wildman–Crippen LogP) is 3.16. The van der Waals surface area contributed by atoms with Crippen LogP contribution in [0, 0.1) is 0 Å². The number of thiazole rings is 1. The van der Waals surface area contributed by atoms with Crippen LogP contribution in [0.15, 0.2) is 15.9 Å². The molecule has 18 heavy (non-hydrogen) atoms. The smallest absolute Gasteiger partial charge is 0.149 e. The lowest BCUT2D eigenvalue weighted by Gasteiger charge is -2.32. The number of aliphatic hydroxyl groups is 1. The molecule has 0 saturated heterocycles. The van der Waals surface area contributed by atoms with E-state index in [0.29, 0.717) is 0 Å². The molecule has 1 rings (SSSR count). The third kappa shape index (κ3) is 5.26. The number of nitrogens with one attached hydrogen (secondary N) is 1. The minimum absolute atomic E-state index is 0.0839. The van der Waals surface area contributed by atoms with Crippen molar-refractivity contribution in [1.82, 2.24) is 10.3 Å². The minimum atomic E-state index is -0.0839. The van der Waals surface area contributed by atoms with E-state index in [-0.39, 0.29) is 12.1 Å². The van der Waals surface area contributed by atoms with Crippen LogP contribution in [0.5, 0.6) is 0 Å². The van der Waals surface area contributed by atoms with Gasteiger partial charge in [0.15, 0.2) is 0 Å². The van der Waals surface area contributed by atoms with Gasteiger partial charge in [-0.3, -0.25) is 0 Å².